The Morgan fingerprint density at radius 1 is 1.32 bits per heavy atom. The molecule has 2 aromatic rings. The summed E-state index contributed by atoms with van der Waals surface area (Å²) >= 11 is 1.46. The number of ether oxygens (including phenoxy) is 1. The molecule has 2 N–H and O–H groups in total. The zero-order valence-electron chi connectivity index (χ0n) is 14.5. The summed E-state index contributed by atoms with van der Waals surface area (Å²) in [6.45, 7) is 3.41. The molecule has 25 heavy (non-hydrogen) atoms. The maximum atomic E-state index is 12.2. The summed E-state index contributed by atoms with van der Waals surface area (Å²) < 4.78 is 4.89. The molecule has 0 spiro atoms. The number of hydrogen-bond acceptors (Lipinski definition) is 5. The maximum Gasteiger partial charge on any atom is 0.331 e. The van der Waals surface area contributed by atoms with Crippen molar-refractivity contribution in [1.82, 2.24) is 10.3 Å². The number of aromatic nitrogens is 1. The second-order valence-corrected chi connectivity index (χ2v) is 6.85. The van der Waals surface area contributed by atoms with E-state index in [0.29, 0.717) is 5.69 Å². The lowest BCUT2D eigenvalue weighted by Gasteiger charge is -2.25. The maximum absolute atomic E-state index is 12.2. The smallest absolute Gasteiger partial charge is 0.331 e. The number of carboxylic acids is 1. The molecular weight excluding hydrogens is 340 g/mol. The number of benzene rings is 1. The number of thiazole rings is 1. The van der Waals surface area contributed by atoms with Crippen molar-refractivity contribution in [3.63, 3.8) is 0 Å². The fourth-order valence-corrected chi connectivity index (χ4v) is 3.19. The first kappa shape index (κ1) is 19.1. The molecule has 1 aromatic carbocycles. The predicted molar refractivity (Wildman–Crippen MR) is 96.7 cm³/mol. The van der Waals surface area contributed by atoms with E-state index in [1.165, 1.54) is 30.9 Å². The molecule has 1 atom stereocenters. The lowest BCUT2D eigenvalue weighted by atomic mass is 10.0. The first-order valence-corrected chi connectivity index (χ1v) is 8.83. The summed E-state index contributed by atoms with van der Waals surface area (Å²) in [7, 11) is 1.39. The van der Waals surface area contributed by atoms with Gasteiger partial charge >= 0.3 is 5.97 Å². The molecule has 0 aliphatic rings. The van der Waals surface area contributed by atoms with Crippen LogP contribution in [0.1, 0.15) is 25.1 Å². The van der Waals surface area contributed by atoms with Crippen molar-refractivity contribution >= 4 is 23.2 Å². The van der Waals surface area contributed by atoms with Gasteiger partial charge in [-0.05, 0) is 18.9 Å². The Labute approximate surface area is 150 Å². The van der Waals surface area contributed by atoms with Crippen LogP contribution in [0.2, 0.25) is 0 Å². The van der Waals surface area contributed by atoms with E-state index in [-0.39, 0.29) is 13.0 Å². The van der Waals surface area contributed by atoms with Crippen LogP contribution in [0.3, 0.4) is 0 Å². The molecule has 1 heterocycles. The number of amides is 1. The van der Waals surface area contributed by atoms with Crippen molar-refractivity contribution in [3.05, 3.63) is 40.9 Å². The third kappa shape index (κ3) is 4.87. The number of aryl methyl sites for hydroxylation is 1. The van der Waals surface area contributed by atoms with Gasteiger partial charge in [0, 0.05) is 18.1 Å². The van der Waals surface area contributed by atoms with E-state index in [2.05, 4.69) is 29.4 Å². The molecule has 6 nitrogen and oxygen atoms in total. The van der Waals surface area contributed by atoms with Crippen molar-refractivity contribution in [2.75, 3.05) is 13.7 Å². The molecule has 0 aliphatic carbocycles. The fourth-order valence-electron chi connectivity index (χ4n) is 2.36. The van der Waals surface area contributed by atoms with Crippen LogP contribution in [0.5, 0.6) is 0 Å². The fraction of sp³-hybridized carbons (Fsp3) is 0.389. The number of carboxylic acid groups (broad SMARTS) is 1. The third-order valence-electron chi connectivity index (χ3n) is 3.82. The molecular formula is C18H22N2O4S. The van der Waals surface area contributed by atoms with Crippen molar-refractivity contribution in [3.8, 4) is 10.6 Å². The molecule has 1 unspecified atom stereocenters. The summed E-state index contributed by atoms with van der Waals surface area (Å²) in [6.07, 6.45) is 1.00. The average Bonchev–Trinajstić information content (AvgIpc) is 3.03. The van der Waals surface area contributed by atoms with Gasteiger partial charge in [-0.3, -0.25) is 4.79 Å². The van der Waals surface area contributed by atoms with Crippen molar-refractivity contribution in [2.24, 2.45) is 0 Å². The highest BCUT2D eigenvalue weighted by molar-refractivity contribution is 7.13. The van der Waals surface area contributed by atoms with Crippen LogP contribution < -0.4 is 5.32 Å². The van der Waals surface area contributed by atoms with Crippen LogP contribution in [-0.2, 0) is 27.2 Å². The molecule has 1 aromatic heterocycles. The lowest BCUT2D eigenvalue weighted by molar-refractivity contribution is -0.149. The van der Waals surface area contributed by atoms with Gasteiger partial charge in [0.2, 0.25) is 5.91 Å². The molecule has 134 valence electrons. The van der Waals surface area contributed by atoms with Gasteiger partial charge in [-0.1, -0.05) is 31.2 Å². The highest BCUT2D eigenvalue weighted by atomic mass is 32.1. The second kappa shape index (κ2) is 8.22. The monoisotopic (exact) mass is 362 g/mol. The summed E-state index contributed by atoms with van der Waals surface area (Å²) in [5, 5.41) is 14.4. The predicted octanol–water partition coefficient (Wildman–Crippen LogP) is 2.52. The minimum atomic E-state index is -1.46. The SMILES string of the molecule is CCc1ccc(-c2nc(CC(=O)NC(C)(COC)C(=O)O)cs2)cc1. The molecule has 0 saturated heterocycles. The standard InChI is InChI=1S/C18H22N2O4S/c1-4-12-5-7-13(8-6-12)16-19-14(10-25-16)9-15(21)20-18(2,11-24-3)17(22)23/h5-8,10H,4,9,11H2,1-3H3,(H,20,21)(H,22,23). The first-order valence-electron chi connectivity index (χ1n) is 7.95. The number of nitrogens with zero attached hydrogens (tertiary/aromatic N) is 1. The lowest BCUT2D eigenvalue weighted by Crippen LogP contribution is -2.55. The van der Waals surface area contributed by atoms with Gasteiger partial charge in [0.25, 0.3) is 0 Å². The van der Waals surface area contributed by atoms with E-state index in [1.54, 1.807) is 0 Å². The molecule has 0 fully saturated rings. The number of rotatable bonds is 8. The average molecular weight is 362 g/mol. The number of aliphatic carboxylic acids is 1. The second-order valence-electron chi connectivity index (χ2n) is 5.99. The van der Waals surface area contributed by atoms with Crippen molar-refractivity contribution < 1.29 is 19.4 Å². The Kier molecular flexibility index (Phi) is 6.27. The van der Waals surface area contributed by atoms with E-state index in [9.17, 15) is 14.7 Å². The van der Waals surface area contributed by atoms with Crippen LogP contribution in [0.4, 0.5) is 0 Å². The minimum Gasteiger partial charge on any atom is -0.479 e. The van der Waals surface area contributed by atoms with Crippen LogP contribution in [0.25, 0.3) is 10.6 Å². The van der Waals surface area contributed by atoms with Gasteiger partial charge in [0.15, 0.2) is 5.54 Å². The Morgan fingerprint density at radius 3 is 2.56 bits per heavy atom. The van der Waals surface area contributed by atoms with E-state index >= 15 is 0 Å². The summed E-state index contributed by atoms with van der Waals surface area (Å²) in [5.41, 5.74) is 1.41. The Hall–Kier alpha value is -2.25. The minimum absolute atomic E-state index is 0.0239. The van der Waals surface area contributed by atoms with Gasteiger partial charge < -0.3 is 15.2 Å². The number of methoxy groups -OCH3 is 1. The molecule has 0 radical (unpaired) electrons. The third-order valence-corrected chi connectivity index (χ3v) is 4.76. The molecule has 1 amide bonds. The largest absolute Gasteiger partial charge is 0.479 e. The van der Waals surface area contributed by atoms with E-state index < -0.39 is 17.4 Å². The molecule has 0 saturated carbocycles. The van der Waals surface area contributed by atoms with Crippen molar-refractivity contribution in [2.45, 2.75) is 32.2 Å². The molecule has 7 heteroatoms. The van der Waals surface area contributed by atoms with E-state index in [0.717, 1.165) is 17.0 Å². The zero-order valence-corrected chi connectivity index (χ0v) is 15.4. The van der Waals surface area contributed by atoms with Crippen LogP contribution in [0, 0.1) is 0 Å². The first-order chi connectivity index (χ1) is 11.9. The summed E-state index contributed by atoms with van der Waals surface area (Å²) in [6, 6.07) is 8.15. The van der Waals surface area contributed by atoms with Gasteiger partial charge in [-0.2, -0.15) is 0 Å². The zero-order chi connectivity index (χ0) is 18.4. The number of hydrogen-bond donors (Lipinski definition) is 2. The molecule has 0 aliphatic heterocycles. The normalized spacial score (nSPS) is 13.2. The topological polar surface area (TPSA) is 88.5 Å². The van der Waals surface area contributed by atoms with Crippen molar-refractivity contribution in [1.29, 1.82) is 0 Å². The van der Waals surface area contributed by atoms with Gasteiger partial charge in [0.1, 0.15) is 5.01 Å². The van der Waals surface area contributed by atoms with Gasteiger partial charge in [-0.15, -0.1) is 11.3 Å². The Morgan fingerprint density at radius 2 is 2.00 bits per heavy atom. The van der Waals surface area contributed by atoms with Crippen LogP contribution in [-0.4, -0.2) is 41.2 Å². The van der Waals surface area contributed by atoms with Gasteiger partial charge in [0.05, 0.1) is 18.7 Å². The van der Waals surface area contributed by atoms with E-state index in [1.807, 2.05) is 17.5 Å². The van der Waals surface area contributed by atoms with Gasteiger partial charge in [-0.25, -0.2) is 9.78 Å². The number of carbonyl (C=O) groups excluding carboxylic acids is 1. The number of carbonyl (C=O) groups is 2. The summed E-state index contributed by atoms with van der Waals surface area (Å²) in [5.74, 6) is -1.54. The van der Waals surface area contributed by atoms with Crippen LogP contribution in [0.15, 0.2) is 29.6 Å². The summed E-state index contributed by atoms with van der Waals surface area (Å²) in [4.78, 5) is 28.0. The Bertz CT molecular complexity index is 742. The Balaban J connectivity index is 2.04. The number of nitrogens with one attached hydrogen (secondary N) is 1. The quantitative estimate of drug-likeness (QED) is 0.753. The molecule has 2 rings (SSSR count). The highest BCUT2D eigenvalue weighted by Crippen LogP contribution is 2.24. The molecule has 0 bridgehead atoms. The van der Waals surface area contributed by atoms with Crippen LogP contribution >= 0.6 is 11.3 Å². The van der Waals surface area contributed by atoms with E-state index in [4.69, 9.17) is 4.74 Å². The highest BCUT2D eigenvalue weighted by Gasteiger charge is 2.35.